The number of hydrogen-bond acceptors (Lipinski definition) is 4. The number of carboxylic acids is 1. The molecule has 0 aliphatic carbocycles. The van der Waals surface area contributed by atoms with E-state index in [1.807, 2.05) is 30.3 Å². The van der Waals surface area contributed by atoms with Crippen LogP contribution in [0.5, 0.6) is 5.75 Å². The van der Waals surface area contributed by atoms with Crippen molar-refractivity contribution in [3.63, 3.8) is 0 Å². The average molecular weight is 320 g/mol. The van der Waals surface area contributed by atoms with Crippen molar-refractivity contribution < 1.29 is 24.1 Å². The van der Waals surface area contributed by atoms with Crippen molar-refractivity contribution in [1.82, 2.24) is 0 Å². The van der Waals surface area contributed by atoms with Gasteiger partial charge in [-0.3, -0.25) is 4.79 Å². The van der Waals surface area contributed by atoms with Gasteiger partial charge in [-0.2, -0.15) is 0 Å². The van der Waals surface area contributed by atoms with Crippen molar-refractivity contribution >= 4 is 5.97 Å². The van der Waals surface area contributed by atoms with Crippen molar-refractivity contribution in [1.29, 1.82) is 0 Å². The zero-order valence-corrected chi connectivity index (χ0v) is 13.4. The van der Waals surface area contributed by atoms with Gasteiger partial charge in [-0.15, -0.1) is 6.58 Å². The summed E-state index contributed by atoms with van der Waals surface area (Å²) in [5.74, 6) is -0.0931. The van der Waals surface area contributed by atoms with Crippen LogP contribution >= 0.6 is 0 Å². The smallest absolute Gasteiger partial charge is 0.305 e. The van der Waals surface area contributed by atoms with Crippen LogP contribution in [0.3, 0.4) is 0 Å². The van der Waals surface area contributed by atoms with Gasteiger partial charge in [0.2, 0.25) is 0 Å². The average Bonchev–Trinajstić information content (AvgIpc) is 2.54. The summed E-state index contributed by atoms with van der Waals surface area (Å²) in [6, 6.07) is 7.45. The van der Waals surface area contributed by atoms with Gasteiger partial charge in [0.1, 0.15) is 5.75 Å². The summed E-state index contributed by atoms with van der Waals surface area (Å²) in [6.07, 6.45) is 4.40. The minimum Gasteiger partial charge on any atom is -0.497 e. The molecule has 1 aromatic carbocycles. The number of carbonyl (C=O) groups is 1. The minimum atomic E-state index is -0.852. The molecule has 0 spiro atoms. The maximum Gasteiger partial charge on any atom is 0.305 e. The molecule has 23 heavy (non-hydrogen) atoms. The van der Waals surface area contributed by atoms with Gasteiger partial charge in [0.25, 0.3) is 0 Å². The van der Waals surface area contributed by atoms with E-state index in [-0.39, 0.29) is 18.6 Å². The first kappa shape index (κ1) is 17.5. The Balaban J connectivity index is 2.05. The van der Waals surface area contributed by atoms with Crippen molar-refractivity contribution in [3.8, 4) is 5.75 Å². The lowest BCUT2D eigenvalue weighted by molar-refractivity contribution is -0.250. The molecule has 1 N–H and O–H groups in total. The predicted octanol–water partition coefficient (Wildman–Crippen LogP) is 3.70. The number of carboxylic acid groups (broad SMARTS) is 1. The topological polar surface area (TPSA) is 65.0 Å². The maximum atomic E-state index is 11.0. The molecule has 2 rings (SSSR count). The third-order valence-electron chi connectivity index (χ3n) is 3.88. The zero-order chi connectivity index (χ0) is 16.7. The molecule has 5 nitrogen and oxygen atoms in total. The zero-order valence-electron chi connectivity index (χ0n) is 13.4. The van der Waals surface area contributed by atoms with Crippen LogP contribution in [0, 0.1) is 0 Å². The molecule has 0 bridgehead atoms. The van der Waals surface area contributed by atoms with Crippen LogP contribution in [0.25, 0.3) is 0 Å². The van der Waals surface area contributed by atoms with Crippen molar-refractivity contribution in [2.24, 2.45) is 0 Å². The van der Waals surface area contributed by atoms with Crippen molar-refractivity contribution in [3.05, 3.63) is 42.5 Å². The fraction of sp³-hybridized carbons (Fsp3) is 0.500. The second-order valence-corrected chi connectivity index (χ2v) is 5.67. The van der Waals surface area contributed by atoms with Crippen LogP contribution in [-0.4, -0.2) is 30.4 Å². The first-order valence-electron chi connectivity index (χ1n) is 7.90. The third kappa shape index (κ3) is 5.37. The number of benzene rings is 1. The van der Waals surface area contributed by atoms with Crippen LogP contribution < -0.4 is 4.74 Å². The fourth-order valence-corrected chi connectivity index (χ4v) is 2.71. The van der Waals surface area contributed by atoms with E-state index in [0.717, 1.165) is 30.6 Å². The first-order chi connectivity index (χ1) is 11.1. The Hall–Kier alpha value is -1.85. The molecular weight excluding hydrogens is 296 g/mol. The van der Waals surface area contributed by atoms with Gasteiger partial charge in [-0.25, -0.2) is 0 Å². The number of rotatable bonds is 8. The number of methoxy groups -OCH3 is 1. The molecule has 3 atom stereocenters. The van der Waals surface area contributed by atoms with Gasteiger partial charge in [0.15, 0.2) is 6.29 Å². The highest BCUT2D eigenvalue weighted by molar-refractivity contribution is 5.67. The summed E-state index contributed by atoms with van der Waals surface area (Å²) in [6.45, 7) is 3.72. The lowest BCUT2D eigenvalue weighted by Gasteiger charge is -2.35. The highest BCUT2D eigenvalue weighted by atomic mass is 16.7. The van der Waals surface area contributed by atoms with Crippen LogP contribution in [0.2, 0.25) is 0 Å². The molecule has 1 aliphatic heterocycles. The highest BCUT2D eigenvalue weighted by Crippen LogP contribution is 2.33. The second kappa shape index (κ2) is 8.70. The number of unbranched alkanes of at least 4 members (excludes halogenated alkanes) is 1. The van der Waals surface area contributed by atoms with Crippen molar-refractivity contribution in [2.45, 2.75) is 50.6 Å². The normalized spacial score (nSPS) is 24.1. The summed E-state index contributed by atoms with van der Waals surface area (Å²) in [7, 11) is 1.61. The molecule has 1 saturated heterocycles. The molecule has 0 saturated carbocycles. The van der Waals surface area contributed by atoms with Gasteiger partial charge < -0.3 is 19.3 Å². The molecule has 0 amide bonds. The van der Waals surface area contributed by atoms with E-state index in [1.54, 1.807) is 7.11 Å². The lowest BCUT2D eigenvalue weighted by atomic mass is 10.0. The standard InChI is InChI=1S/C18H24O5/c1-3-4-5-6-15-11-16(12-17(19)20)23-18(22-15)13-7-9-14(21-2)10-8-13/h3,7-10,15-16,18H,1,4-6,11-12H2,2H3,(H,19,20)/t15-,16-,18?/m1/s1. The van der Waals surface area contributed by atoms with E-state index in [4.69, 9.17) is 19.3 Å². The van der Waals surface area contributed by atoms with E-state index in [9.17, 15) is 4.79 Å². The summed E-state index contributed by atoms with van der Waals surface area (Å²) >= 11 is 0. The van der Waals surface area contributed by atoms with Crippen LogP contribution in [0.1, 0.15) is 44.0 Å². The van der Waals surface area contributed by atoms with Crippen LogP contribution in [0.4, 0.5) is 0 Å². The fourth-order valence-electron chi connectivity index (χ4n) is 2.71. The molecule has 1 unspecified atom stereocenters. The van der Waals surface area contributed by atoms with Crippen LogP contribution in [0.15, 0.2) is 36.9 Å². The number of hydrogen-bond donors (Lipinski definition) is 1. The number of aliphatic carboxylic acids is 1. The second-order valence-electron chi connectivity index (χ2n) is 5.67. The highest BCUT2D eigenvalue weighted by Gasteiger charge is 2.32. The van der Waals surface area contributed by atoms with Gasteiger partial charge in [-0.05, 0) is 31.4 Å². The van der Waals surface area contributed by atoms with Gasteiger partial charge in [-0.1, -0.05) is 18.2 Å². The molecule has 5 heteroatoms. The monoisotopic (exact) mass is 320 g/mol. The SMILES string of the molecule is C=CCCC[C@@H]1C[C@H](CC(=O)O)OC(c2ccc(OC)cc2)O1. The molecule has 1 fully saturated rings. The van der Waals surface area contributed by atoms with Crippen LogP contribution in [-0.2, 0) is 14.3 Å². The van der Waals surface area contributed by atoms with Gasteiger partial charge in [0, 0.05) is 12.0 Å². The Morgan fingerprint density at radius 2 is 2.04 bits per heavy atom. The van der Waals surface area contributed by atoms with Gasteiger partial charge >= 0.3 is 5.97 Å². The summed E-state index contributed by atoms with van der Waals surface area (Å²) < 4.78 is 17.0. The quantitative estimate of drug-likeness (QED) is 0.584. The Morgan fingerprint density at radius 1 is 1.35 bits per heavy atom. The Kier molecular flexibility index (Phi) is 6.62. The molecule has 126 valence electrons. The van der Waals surface area contributed by atoms with Gasteiger partial charge in [0.05, 0.1) is 25.7 Å². The minimum absolute atomic E-state index is 0.000140. The van der Waals surface area contributed by atoms with E-state index < -0.39 is 12.3 Å². The summed E-state index contributed by atoms with van der Waals surface area (Å²) in [5.41, 5.74) is 0.870. The number of allylic oxidation sites excluding steroid dienone is 1. The third-order valence-corrected chi connectivity index (χ3v) is 3.88. The largest absolute Gasteiger partial charge is 0.497 e. The Labute approximate surface area is 136 Å². The van der Waals surface area contributed by atoms with E-state index in [2.05, 4.69) is 6.58 Å². The van der Waals surface area contributed by atoms with E-state index in [0.29, 0.717) is 6.42 Å². The van der Waals surface area contributed by atoms with Crippen molar-refractivity contribution in [2.75, 3.05) is 7.11 Å². The first-order valence-corrected chi connectivity index (χ1v) is 7.90. The molecule has 1 aromatic rings. The molecule has 1 aliphatic rings. The molecule has 1 heterocycles. The predicted molar refractivity (Wildman–Crippen MR) is 86.4 cm³/mol. The van der Waals surface area contributed by atoms with E-state index >= 15 is 0 Å². The molecule has 0 radical (unpaired) electrons. The Morgan fingerprint density at radius 3 is 2.65 bits per heavy atom. The number of ether oxygens (including phenoxy) is 3. The lowest BCUT2D eigenvalue weighted by Crippen LogP contribution is -2.35. The summed E-state index contributed by atoms with van der Waals surface area (Å²) in [4.78, 5) is 11.0. The Bertz CT molecular complexity index is 511. The molecular formula is C18H24O5. The maximum absolute atomic E-state index is 11.0. The molecule has 0 aromatic heterocycles. The summed E-state index contributed by atoms with van der Waals surface area (Å²) in [5, 5.41) is 9.04. The van der Waals surface area contributed by atoms with E-state index in [1.165, 1.54) is 0 Å².